The number of fused-ring (bicyclic) bond motifs is 2. The molecule has 206 valence electrons. The average Bonchev–Trinajstić information content (AvgIpc) is 3.24. The van der Waals surface area contributed by atoms with Gasteiger partial charge in [-0.2, -0.15) is 4.31 Å². The highest BCUT2D eigenvalue weighted by atomic mass is 35.5. The number of benzene rings is 2. The van der Waals surface area contributed by atoms with Gasteiger partial charge in [-0.3, -0.25) is 14.7 Å². The Hall–Kier alpha value is -2.60. The molecule has 9 nitrogen and oxygen atoms in total. The summed E-state index contributed by atoms with van der Waals surface area (Å²) in [4.78, 5) is 21.8. The summed E-state index contributed by atoms with van der Waals surface area (Å²) in [5.41, 5.74) is -0.505. The molecule has 39 heavy (non-hydrogen) atoms. The molecule has 1 atom stereocenters. The lowest BCUT2D eigenvalue weighted by molar-refractivity contribution is -0.197. The van der Waals surface area contributed by atoms with E-state index in [0.29, 0.717) is 11.6 Å². The fourth-order valence-electron chi connectivity index (χ4n) is 6.10. The van der Waals surface area contributed by atoms with Crippen LogP contribution in [0.1, 0.15) is 18.4 Å². The zero-order valence-electron chi connectivity index (χ0n) is 21.8. The molecule has 3 fully saturated rings. The van der Waals surface area contributed by atoms with E-state index in [2.05, 4.69) is 9.88 Å². The summed E-state index contributed by atoms with van der Waals surface area (Å²) in [6.07, 6.45) is 5.08. The van der Waals surface area contributed by atoms with Crippen LogP contribution in [0.2, 0.25) is 5.02 Å². The first-order chi connectivity index (χ1) is 18.7. The van der Waals surface area contributed by atoms with Gasteiger partial charge in [-0.25, -0.2) is 8.42 Å². The number of amides is 1. The van der Waals surface area contributed by atoms with Crippen LogP contribution in [-0.2, 0) is 30.8 Å². The van der Waals surface area contributed by atoms with Gasteiger partial charge < -0.3 is 14.4 Å². The Labute approximate surface area is 233 Å². The standard InChI is InChI=1S/C28H31ClN4O5S/c1-37-20-28-19-32(39(35,36)25-5-3-22-14-24(29)4-2-23(22)15-25)17-26(34)33(28)18-27(38-28)8-12-31(13-9-27)16-21-6-10-30-11-7-21/h2-7,10-11,14-15H,8-9,12-13,16-20H2,1H3. The van der Waals surface area contributed by atoms with Crippen molar-refractivity contribution in [3.05, 3.63) is 71.5 Å². The van der Waals surface area contributed by atoms with Crippen molar-refractivity contribution in [2.75, 3.05) is 46.4 Å². The molecule has 11 heteroatoms. The number of carbonyl (C=O) groups is 1. The molecule has 3 aliphatic heterocycles. The van der Waals surface area contributed by atoms with Gasteiger partial charge in [-0.1, -0.05) is 23.7 Å². The van der Waals surface area contributed by atoms with Gasteiger partial charge in [0, 0.05) is 44.2 Å². The summed E-state index contributed by atoms with van der Waals surface area (Å²) in [6, 6.07) is 14.3. The number of likely N-dealkylation sites (tertiary alicyclic amines) is 1. The van der Waals surface area contributed by atoms with Gasteiger partial charge in [0.2, 0.25) is 15.9 Å². The number of rotatable bonds is 6. The third kappa shape index (κ3) is 4.94. The monoisotopic (exact) mass is 570 g/mol. The van der Waals surface area contributed by atoms with E-state index in [1.807, 2.05) is 12.1 Å². The summed E-state index contributed by atoms with van der Waals surface area (Å²) < 4.78 is 41.1. The maximum Gasteiger partial charge on any atom is 0.243 e. The zero-order valence-corrected chi connectivity index (χ0v) is 23.3. The van der Waals surface area contributed by atoms with Crippen LogP contribution in [0.25, 0.3) is 10.8 Å². The molecule has 1 spiro atoms. The molecule has 0 N–H and O–H groups in total. The van der Waals surface area contributed by atoms with Gasteiger partial charge >= 0.3 is 0 Å². The number of piperidine rings is 1. The molecular formula is C28H31ClN4O5S. The summed E-state index contributed by atoms with van der Waals surface area (Å²) in [7, 11) is -2.43. The second-order valence-electron chi connectivity index (χ2n) is 10.7. The number of methoxy groups -OCH3 is 1. The highest BCUT2D eigenvalue weighted by molar-refractivity contribution is 7.89. The van der Waals surface area contributed by atoms with Crippen LogP contribution < -0.4 is 0 Å². The Balaban J connectivity index is 1.23. The lowest BCUT2D eigenvalue weighted by Crippen LogP contribution is -2.65. The molecule has 1 amide bonds. The summed E-state index contributed by atoms with van der Waals surface area (Å²) in [5, 5.41) is 2.18. The number of carbonyl (C=O) groups excluding carboxylic acids is 1. The van der Waals surface area contributed by atoms with Crippen LogP contribution in [-0.4, -0.2) is 91.2 Å². The molecule has 3 aliphatic rings. The molecule has 2 aromatic carbocycles. The molecule has 3 saturated heterocycles. The molecule has 0 aliphatic carbocycles. The molecular weight excluding hydrogens is 540 g/mol. The fourth-order valence-corrected chi connectivity index (χ4v) is 7.75. The molecule has 3 aromatic rings. The number of pyridine rings is 1. The predicted octanol–water partition coefficient (Wildman–Crippen LogP) is 3.13. The minimum absolute atomic E-state index is 0.00997. The lowest BCUT2D eigenvalue weighted by atomic mass is 9.91. The quantitative estimate of drug-likeness (QED) is 0.449. The first-order valence-electron chi connectivity index (χ1n) is 13.0. The van der Waals surface area contributed by atoms with Crippen LogP contribution in [0.4, 0.5) is 0 Å². The maximum absolute atomic E-state index is 13.8. The van der Waals surface area contributed by atoms with Gasteiger partial charge in [0.05, 0.1) is 36.7 Å². The molecule has 0 bridgehead atoms. The van der Waals surface area contributed by atoms with Crippen LogP contribution in [0, 0.1) is 0 Å². The first kappa shape index (κ1) is 26.6. The van der Waals surface area contributed by atoms with E-state index in [-0.39, 0.29) is 30.5 Å². The predicted molar refractivity (Wildman–Crippen MR) is 147 cm³/mol. The summed E-state index contributed by atoms with van der Waals surface area (Å²) >= 11 is 6.09. The highest BCUT2D eigenvalue weighted by Gasteiger charge is 2.60. The Morgan fingerprint density at radius 2 is 1.74 bits per heavy atom. The summed E-state index contributed by atoms with van der Waals surface area (Å²) in [6.45, 7) is 2.75. The van der Waals surface area contributed by atoms with E-state index in [1.165, 1.54) is 9.87 Å². The minimum Gasteiger partial charge on any atom is -0.380 e. The number of ether oxygens (including phenoxy) is 2. The fraction of sp³-hybridized carbons (Fsp3) is 0.429. The smallest absolute Gasteiger partial charge is 0.243 e. The molecule has 6 rings (SSSR count). The second-order valence-corrected chi connectivity index (χ2v) is 13.1. The van der Waals surface area contributed by atoms with Crippen molar-refractivity contribution in [2.24, 2.45) is 0 Å². The number of nitrogens with zero attached hydrogens (tertiary/aromatic N) is 4. The van der Waals surface area contributed by atoms with Crippen molar-refractivity contribution in [1.29, 1.82) is 0 Å². The number of piperazine rings is 1. The van der Waals surface area contributed by atoms with Crippen LogP contribution >= 0.6 is 11.6 Å². The maximum atomic E-state index is 13.8. The van der Waals surface area contributed by atoms with Crippen LogP contribution in [0.15, 0.2) is 65.8 Å². The Morgan fingerprint density at radius 1 is 1.03 bits per heavy atom. The molecule has 4 heterocycles. The molecule has 1 aromatic heterocycles. The lowest BCUT2D eigenvalue weighted by Gasteiger charge is -2.44. The highest BCUT2D eigenvalue weighted by Crippen LogP contribution is 2.44. The van der Waals surface area contributed by atoms with Crippen molar-refractivity contribution >= 4 is 38.3 Å². The average molecular weight is 571 g/mol. The van der Waals surface area contributed by atoms with E-state index < -0.39 is 21.3 Å². The third-order valence-corrected chi connectivity index (χ3v) is 10.1. The normalized spacial score (nSPS) is 23.9. The Morgan fingerprint density at radius 3 is 2.49 bits per heavy atom. The first-order valence-corrected chi connectivity index (χ1v) is 14.8. The van der Waals surface area contributed by atoms with E-state index in [9.17, 15) is 13.2 Å². The van der Waals surface area contributed by atoms with E-state index in [1.54, 1.807) is 60.8 Å². The van der Waals surface area contributed by atoms with Crippen molar-refractivity contribution in [2.45, 2.75) is 35.6 Å². The molecule has 1 unspecified atom stereocenters. The van der Waals surface area contributed by atoms with E-state index in [0.717, 1.165) is 43.2 Å². The number of hydrogen-bond acceptors (Lipinski definition) is 7. The van der Waals surface area contributed by atoms with Gasteiger partial charge in [0.1, 0.15) is 0 Å². The van der Waals surface area contributed by atoms with Crippen molar-refractivity contribution in [3.63, 3.8) is 0 Å². The minimum atomic E-state index is -3.97. The SMILES string of the molecule is COCC12CN(S(=O)(=O)c3ccc4cc(Cl)ccc4c3)CC(=O)N1CC1(CCN(Cc3ccncc3)CC1)O2. The third-order valence-electron chi connectivity index (χ3n) is 8.08. The van der Waals surface area contributed by atoms with Crippen molar-refractivity contribution < 1.29 is 22.7 Å². The number of aromatic nitrogens is 1. The van der Waals surface area contributed by atoms with E-state index in [4.69, 9.17) is 21.1 Å². The van der Waals surface area contributed by atoms with Gasteiger partial charge in [0.25, 0.3) is 0 Å². The molecule has 0 radical (unpaired) electrons. The molecule has 0 saturated carbocycles. The van der Waals surface area contributed by atoms with Crippen LogP contribution in [0.5, 0.6) is 0 Å². The van der Waals surface area contributed by atoms with Gasteiger partial charge in [0.15, 0.2) is 5.72 Å². The van der Waals surface area contributed by atoms with Crippen molar-refractivity contribution in [3.8, 4) is 0 Å². The van der Waals surface area contributed by atoms with Gasteiger partial charge in [-0.15, -0.1) is 0 Å². The zero-order chi connectivity index (χ0) is 27.3. The number of sulfonamides is 1. The van der Waals surface area contributed by atoms with Crippen LogP contribution in [0.3, 0.4) is 0 Å². The second kappa shape index (κ2) is 10.1. The number of hydrogen-bond donors (Lipinski definition) is 0. The Bertz CT molecular complexity index is 1500. The topological polar surface area (TPSA) is 92.3 Å². The number of halogens is 1. The van der Waals surface area contributed by atoms with E-state index >= 15 is 0 Å². The van der Waals surface area contributed by atoms with Crippen molar-refractivity contribution in [1.82, 2.24) is 19.1 Å². The Kier molecular flexibility index (Phi) is 6.89. The summed E-state index contributed by atoms with van der Waals surface area (Å²) in [5.74, 6) is -0.273. The van der Waals surface area contributed by atoms with Gasteiger partial charge in [-0.05, 0) is 65.6 Å². The largest absolute Gasteiger partial charge is 0.380 e.